The van der Waals surface area contributed by atoms with Gasteiger partial charge in [-0.25, -0.2) is 0 Å². The molecule has 2 atom stereocenters. The van der Waals surface area contributed by atoms with Crippen molar-refractivity contribution in [3.8, 4) is 17.2 Å². The summed E-state index contributed by atoms with van der Waals surface area (Å²) < 4.78 is 54.4. The molecule has 2 aromatic rings. The van der Waals surface area contributed by atoms with Gasteiger partial charge in [0.15, 0.2) is 0 Å². The van der Waals surface area contributed by atoms with Crippen LogP contribution in [0.2, 0.25) is 0 Å². The molecule has 8 nitrogen and oxygen atoms in total. The van der Waals surface area contributed by atoms with Crippen LogP contribution in [0.25, 0.3) is 11.5 Å². The Balaban J connectivity index is 1.76. The first kappa shape index (κ1) is 20.1. The molecule has 0 bridgehead atoms. The number of halogens is 3. The number of alkyl halides is 3. The first-order valence-electron chi connectivity index (χ1n) is 8.44. The summed E-state index contributed by atoms with van der Waals surface area (Å²) in [7, 11) is 2.90. The van der Waals surface area contributed by atoms with E-state index in [1.54, 1.807) is 7.11 Å². The Bertz CT molecular complexity index is 840. The number of benzene rings is 1. The second-order valence-corrected chi connectivity index (χ2v) is 6.29. The summed E-state index contributed by atoms with van der Waals surface area (Å²) in [5.74, 6) is -1.07. The zero-order chi connectivity index (χ0) is 20.3. The number of carbonyl (C=O) groups excluding carboxylic acids is 1. The zero-order valence-electron chi connectivity index (χ0n) is 15.2. The van der Waals surface area contributed by atoms with Crippen LogP contribution in [-0.4, -0.2) is 55.6 Å². The normalized spacial score (nSPS) is 19.6. The predicted octanol–water partition coefficient (Wildman–Crippen LogP) is 1.87. The lowest BCUT2D eigenvalue weighted by Gasteiger charge is -2.11. The molecule has 1 aliphatic rings. The third-order valence-electron chi connectivity index (χ3n) is 4.30. The molecule has 0 radical (unpaired) electrons. The van der Waals surface area contributed by atoms with Crippen molar-refractivity contribution in [2.75, 3.05) is 27.4 Å². The summed E-state index contributed by atoms with van der Waals surface area (Å²) in [6.07, 6.45) is -3.88. The van der Waals surface area contributed by atoms with Gasteiger partial charge in [-0.05, 0) is 24.6 Å². The first-order chi connectivity index (χ1) is 13.3. The van der Waals surface area contributed by atoms with Gasteiger partial charge in [0.1, 0.15) is 5.75 Å². The van der Waals surface area contributed by atoms with Crippen LogP contribution >= 0.6 is 0 Å². The van der Waals surface area contributed by atoms with Crippen molar-refractivity contribution in [2.45, 2.75) is 24.7 Å². The number of hydrogen-bond acceptors (Lipinski definition) is 7. The first-order valence-corrected chi connectivity index (χ1v) is 8.44. The van der Waals surface area contributed by atoms with Crippen LogP contribution in [-0.2, 0) is 10.9 Å². The molecule has 0 unspecified atom stereocenters. The number of nitrogens with one attached hydrogen (secondary N) is 2. The minimum Gasteiger partial charge on any atom is -0.496 e. The number of rotatable bonds is 6. The van der Waals surface area contributed by atoms with Crippen molar-refractivity contribution < 1.29 is 31.9 Å². The highest BCUT2D eigenvalue weighted by Gasteiger charge is 2.32. The lowest BCUT2D eigenvalue weighted by molar-refractivity contribution is -0.137. The molecule has 1 aromatic carbocycles. The van der Waals surface area contributed by atoms with Gasteiger partial charge < -0.3 is 24.5 Å². The number of hydrogen-bond donors (Lipinski definition) is 2. The molecular formula is C17H19F3N4O4. The maximum Gasteiger partial charge on any atom is 0.416 e. The molecule has 3 rings (SSSR count). The number of aromatic nitrogens is 2. The average Bonchev–Trinajstić information content (AvgIpc) is 3.30. The van der Waals surface area contributed by atoms with Gasteiger partial charge in [-0.3, -0.25) is 4.79 Å². The molecule has 11 heteroatoms. The molecule has 0 saturated carbocycles. The van der Waals surface area contributed by atoms with Gasteiger partial charge in [-0.1, -0.05) is 0 Å². The van der Waals surface area contributed by atoms with Crippen LogP contribution < -0.4 is 15.4 Å². The molecular weight excluding hydrogens is 381 g/mol. The minimum absolute atomic E-state index is 0.0495. The quantitative estimate of drug-likeness (QED) is 0.764. The van der Waals surface area contributed by atoms with Gasteiger partial charge in [-0.15, -0.1) is 10.2 Å². The third-order valence-corrected chi connectivity index (χ3v) is 4.30. The number of ether oxygens (including phenoxy) is 2. The summed E-state index contributed by atoms with van der Waals surface area (Å²) in [5, 5.41) is 13.3. The van der Waals surface area contributed by atoms with Crippen molar-refractivity contribution in [1.82, 2.24) is 20.8 Å². The SMILES string of the molecule is COC[C@@H]1C[C@@H](NC(=O)c2nnc(-c3cc(C(F)(F)F)ccc3OC)o2)CN1. The smallest absolute Gasteiger partial charge is 0.416 e. The Kier molecular flexibility index (Phi) is 5.84. The molecule has 1 saturated heterocycles. The molecule has 2 N–H and O–H groups in total. The largest absolute Gasteiger partial charge is 0.496 e. The maximum atomic E-state index is 13.0. The molecule has 0 spiro atoms. The van der Waals surface area contributed by atoms with E-state index in [4.69, 9.17) is 13.9 Å². The van der Waals surface area contributed by atoms with E-state index in [0.717, 1.165) is 18.2 Å². The summed E-state index contributed by atoms with van der Waals surface area (Å²) in [5.41, 5.74) is -0.944. The van der Waals surface area contributed by atoms with Crippen molar-refractivity contribution in [3.05, 3.63) is 29.7 Å². The van der Waals surface area contributed by atoms with E-state index in [9.17, 15) is 18.0 Å². The third kappa shape index (κ3) is 4.42. The van der Waals surface area contributed by atoms with Crippen molar-refractivity contribution in [3.63, 3.8) is 0 Å². The van der Waals surface area contributed by atoms with E-state index in [1.807, 2.05) is 0 Å². The second-order valence-electron chi connectivity index (χ2n) is 6.29. The fraction of sp³-hybridized carbons (Fsp3) is 0.471. The molecule has 1 aromatic heterocycles. The fourth-order valence-corrected chi connectivity index (χ4v) is 2.98. The molecule has 28 heavy (non-hydrogen) atoms. The van der Waals surface area contributed by atoms with Gasteiger partial charge in [0.25, 0.3) is 5.89 Å². The topological polar surface area (TPSA) is 98.5 Å². The van der Waals surface area contributed by atoms with Crippen molar-refractivity contribution >= 4 is 5.91 Å². The van der Waals surface area contributed by atoms with E-state index in [1.165, 1.54) is 7.11 Å². The Morgan fingerprint density at radius 2 is 2.14 bits per heavy atom. The Morgan fingerprint density at radius 1 is 1.36 bits per heavy atom. The lowest BCUT2D eigenvalue weighted by Crippen LogP contribution is -2.36. The molecule has 0 aliphatic carbocycles. The Morgan fingerprint density at radius 3 is 2.82 bits per heavy atom. The molecule has 152 valence electrons. The van der Waals surface area contributed by atoms with Gasteiger partial charge in [0.05, 0.1) is 24.8 Å². The zero-order valence-corrected chi connectivity index (χ0v) is 15.2. The van der Waals surface area contributed by atoms with Crippen LogP contribution in [0.1, 0.15) is 22.7 Å². The number of amides is 1. The van der Waals surface area contributed by atoms with E-state index >= 15 is 0 Å². The van der Waals surface area contributed by atoms with Crippen LogP contribution in [0, 0.1) is 0 Å². The van der Waals surface area contributed by atoms with E-state index < -0.39 is 17.6 Å². The maximum absolute atomic E-state index is 13.0. The van der Waals surface area contributed by atoms with E-state index in [2.05, 4.69) is 20.8 Å². The highest BCUT2D eigenvalue weighted by Crippen LogP contribution is 2.36. The van der Waals surface area contributed by atoms with Crippen LogP contribution in [0.15, 0.2) is 22.6 Å². The van der Waals surface area contributed by atoms with E-state index in [0.29, 0.717) is 19.6 Å². The standard InChI is InChI=1S/C17H19F3N4O4/c1-26-8-11-6-10(7-21-11)22-14(25)16-24-23-15(28-16)12-5-9(17(18,19)20)3-4-13(12)27-2/h3-5,10-11,21H,6-8H2,1-2H3,(H,22,25)/t10-,11+/m1/s1. The van der Waals surface area contributed by atoms with Gasteiger partial charge in [0, 0.05) is 25.7 Å². The average molecular weight is 400 g/mol. The van der Waals surface area contributed by atoms with Crippen LogP contribution in [0.5, 0.6) is 5.75 Å². The summed E-state index contributed by atoms with van der Waals surface area (Å²) in [6.45, 7) is 1.08. The Hall–Kier alpha value is -2.66. The summed E-state index contributed by atoms with van der Waals surface area (Å²) in [6, 6.07) is 2.86. The molecule has 2 heterocycles. The summed E-state index contributed by atoms with van der Waals surface area (Å²) >= 11 is 0. The Labute approximate surface area is 158 Å². The molecule has 1 fully saturated rings. The number of nitrogens with zero attached hydrogens (tertiary/aromatic N) is 2. The highest BCUT2D eigenvalue weighted by atomic mass is 19.4. The van der Waals surface area contributed by atoms with Crippen LogP contribution in [0.3, 0.4) is 0 Å². The van der Waals surface area contributed by atoms with Crippen molar-refractivity contribution in [2.24, 2.45) is 0 Å². The van der Waals surface area contributed by atoms with Crippen molar-refractivity contribution in [1.29, 1.82) is 0 Å². The van der Waals surface area contributed by atoms with Gasteiger partial charge in [-0.2, -0.15) is 13.2 Å². The monoisotopic (exact) mass is 400 g/mol. The second kappa shape index (κ2) is 8.15. The van der Waals surface area contributed by atoms with Gasteiger partial charge >= 0.3 is 18.0 Å². The highest BCUT2D eigenvalue weighted by molar-refractivity contribution is 5.90. The minimum atomic E-state index is -4.55. The lowest BCUT2D eigenvalue weighted by atomic mass is 10.1. The van der Waals surface area contributed by atoms with Crippen LogP contribution in [0.4, 0.5) is 13.2 Å². The summed E-state index contributed by atoms with van der Waals surface area (Å²) in [4.78, 5) is 12.3. The number of methoxy groups -OCH3 is 2. The van der Waals surface area contributed by atoms with E-state index in [-0.39, 0.29) is 35.2 Å². The molecule has 1 aliphatic heterocycles. The van der Waals surface area contributed by atoms with Gasteiger partial charge in [0.2, 0.25) is 0 Å². The fourth-order valence-electron chi connectivity index (χ4n) is 2.98. The number of carbonyl (C=O) groups is 1. The predicted molar refractivity (Wildman–Crippen MR) is 90.8 cm³/mol. The molecule has 1 amide bonds.